The van der Waals surface area contributed by atoms with Crippen LogP contribution in [-0.4, -0.2) is 11.2 Å². The van der Waals surface area contributed by atoms with Crippen molar-refractivity contribution in [3.05, 3.63) is 11.6 Å². The second-order valence-electron chi connectivity index (χ2n) is 3.34. The highest BCUT2D eigenvalue weighted by atomic mass is 16.3. The summed E-state index contributed by atoms with van der Waals surface area (Å²) in [6.45, 7) is 8.28. The van der Waals surface area contributed by atoms with Gasteiger partial charge in [0.15, 0.2) is 0 Å². The Hall–Kier alpha value is -0.300. The molecular formula is C10H20O. The van der Waals surface area contributed by atoms with Gasteiger partial charge >= 0.3 is 0 Å². The lowest BCUT2D eigenvalue weighted by atomic mass is 9.97. The Bertz CT molecular complexity index is 125. The summed E-state index contributed by atoms with van der Waals surface area (Å²) in [6.07, 6.45) is 4.07. The van der Waals surface area contributed by atoms with E-state index in [0.29, 0.717) is 5.92 Å². The molecule has 1 nitrogen and oxygen atoms in total. The van der Waals surface area contributed by atoms with E-state index in [1.807, 2.05) is 6.08 Å². The van der Waals surface area contributed by atoms with Gasteiger partial charge < -0.3 is 5.11 Å². The Morgan fingerprint density at radius 3 is 2.36 bits per heavy atom. The van der Waals surface area contributed by atoms with Gasteiger partial charge in [-0.1, -0.05) is 31.9 Å². The predicted molar refractivity (Wildman–Crippen MR) is 49.5 cm³/mol. The van der Waals surface area contributed by atoms with E-state index in [2.05, 4.69) is 20.8 Å². The summed E-state index contributed by atoms with van der Waals surface area (Å²) in [5, 5.41) is 9.06. The first-order valence-electron chi connectivity index (χ1n) is 4.44. The molecule has 0 aromatic heterocycles. The molecule has 0 aliphatic heterocycles. The Morgan fingerprint density at radius 2 is 2.00 bits per heavy atom. The zero-order valence-electron chi connectivity index (χ0n) is 8.09. The number of allylic oxidation sites excluding steroid dienone is 1. The summed E-state index contributed by atoms with van der Waals surface area (Å²) in [5.41, 5.74) is 1.31. The van der Waals surface area contributed by atoms with Crippen molar-refractivity contribution in [3.63, 3.8) is 0 Å². The second-order valence-corrected chi connectivity index (χ2v) is 3.34. The summed E-state index contributed by atoms with van der Waals surface area (Å²) in [5.74, 6) is 0.620. The topological polar surface area (TPSA) is 20.2 Å². The molecule has 0 fully saturated rings. The van der Waals surface area contributed by atoms with Crippen molar-refractivity contribution in [3.8, 4) is 0 Å². The fourth-order valence-corrected chi connectivity index (χ4v) is 1.21. The molecule has 0 saturated heterocycles. The third kappa shape index (κ3) is 5.02. The van der Waals surface area contributed by atoms with Gasteiger partial charge in [-0.15, -0.1) is 0 Å². The monoisotopic (exact) mass is 156 g/mol. The van der Waals surface area contributed by atoms with Crippen molar-refractivity contribution < 1.29 is 5.11 Å². The minimum absolute atomic E-state index is 0.297. The fraction of sp³-hybridized carbons (Fsp3) is 0.800. The van der Waals surface area contributed by atoms with Crippen LogP contribution in [0.15, 0.2) is 11.6 Å². The largest absolute Gasteiger partial charge is 0.389 e. The molecule has 0 aliphatic rings. The van der Waals surface area contributed by atoms with Crippen LogP contribution in [0, 0.1) is 5.92 Å². The average Bonchev–Trinajstić information content (AvgIpc) is 1.86. The molecule has 11 heavy (non-hydrogen) atoms. The Balaban J connectivity index is 3.89. The van der Waals surface area contributed by atoms with Crippen LogP contribution >= 0.6 is 0 Å². The van der Waals surface area contributed by atoms with Crippen molar-refractivity contribution in [1.82, 2.24) is 0 Å². The molecule has 0 saturated carbocycles. The van der Waals surface area contributed by atoms with Crippen molar-refractivity contribution >= 4 is 0 Å². The van der Waals surface area contributed by atoms with E-state index >= 15 is 0 Å². The fourth-order valence-electron chi connectivity index (χ4n) is 1.21. The summed E-state index contributed by atoms with van der Waals surface area (Å²) < 4.78 is 0. The van der Waals surface area contributed by atoms with Gasteiger partial charge in [-0.3, -0.25) is 0 Å². The molecule has 2 unspecified atom stereocenters. The average molecular weight is 156 g/mol. The van der Waals surface area contributed by atoms with Crippen LogP contribution in [0.4, 0.5) is 0 Å². The predicted octanol–water partition coefficient (Wildman–Crippen LogP) is 2.75. The molecule has 1 heteroatoms. The zero-order valence-corrected chi connectivity index (χ0v) is 8.09. The first kappa shape index (κ1) is 10.7. The quantitative estimate of drug-likeness (QED) is 0.620. The Kier molecular flexibility index (Phi) is 5.22. The van der Waals surface area contributed by atoms with E-state index in [-0.39, 0.29) is 6.10 Å². The van der Waals surface area contributed by atoms with Gasteiger partial charge in [0.2, 0.25) is 0 Å². The minimum atomic E-state index is -0.297. The summed E-state index contributed by atoms with van der Waals surface area (Å²) in [6, 6.07) is 0. The molecule has 0 amide bonds. The van der Waals surface area contributed by atoms with Crippen LogP contribution < -0.4 is 0 Å². The normalized spacial score (nSPS) is 18.1. The molecule has 2 atom stereocenters. The van der Waals surface area contributed by atoms with Gasteiger partial charge in [0.25, 0.3) is 0 Å². The highest BCUT2D eigenvalue weighted by Gasteiger charge is 2.02. The third-order valence-corrected chi connectivity index (χ3v) is 2.00. The lowest BCUT2D eigenvalue weighted by Crippen LogP contribution is -2.01. The van der Waals surface area contributed by atoms with Gasteiger partial charge in [-0.05, 0) is 26.2 Å². The van der Waals surface area contributed by atoms with Gasteiger partial charge in [0.1, 0.15) is 0 Å². The first-order valence-corrected chi connectivity index (χ1v) is 4.44. The molecule has 0 spiro atoms. The van der Waals surface area contributed by atoms with Gasteiger partial charge in [-0.25, -0.2) is 0 Å². The number of aliphatic hydroxyl groups excluding tert-OH is 1. The molecule has 1 N–H and O–H groups in total. The van der Waals surface area contributed by atoms with E-state index < -0.39 is 0 Å². The standard InChI is InChI=1S/C10H20O/c1-5-6-8(2)9(3)7-10(4)11/h7-8,10-11H,5-6H2,1-4H3/b9-7+. The van der Waals surface area contributed by atoms with Crippen molar-refractivity contribution in [2.75, 3.05) is 0 Å². The van der Waals surface area contributed by atoms with Crippen LogP contribution in [0.25, 0.3) is 0 Å². The van der Waals surface area contributed by atoms with Crippen LogP contribution in [0.2, 0.25) is 0 Å². The molecule has 66 valence electrons. The van der Waals surface area contributed by atoms with E-state index in [1.165, 1.54) is 18.4 Å². The Morgan fingerprint density at radius 1 is 1.45 bits per heavy atom. The number of hydrogen-bond acceptors (Lipinski definition) is 1. The number of hydrogen-bond donors (Lipinski definition) is 1. The van der Waals surface area contributed by atoms with Crippen molar-refractivity contribution in [2.24, 2.45) is 5.92 Å². The van der Waals surface area contributed by atoms with Gasteiger partial charge in [0, 0.05) is 0 Å². The summed E-state index contributed by atoms with van der Waals surface area (Å²) in [4.78, 5) is 0. The van der Waals surface area contributed by atoms with E-state index in [4.69, 9.17) is 5.11 Å². The second kappa shape index (κ2) is 5.36. The maximum atomic E-state index is 9.06. The van der Waals surface area contributed by atoms with Gasteiger partial charge in [0.05, 0.1) is 6.10 Å². The maximum absolute atomic E-state index is 9.06. The summed E-state index contributed by atoms with van der Waals surface area (Å²) >= 11 is 0. The minimum Gasteiger partial charge on any atom is -0.389 e. The van der Waals surface area contributed by atoms with Gasteiger partial charge in [-0.2, -0.15) is 0 Å². The SMILES string of the molecule is CCCC(C)/C(C)=C/C(C)O. The van der Waals surface area contributed by atoms with Crippen LogP contribution in [0.5, 0.6) is 0 Å². The Labute approximate surface area is 70.1 Å². The van der Waals surface area contributed by atoms with E-state index in [9.17, 15) is 0 Å². The zero-order chi connectivity index (χ0) is 8.85. The van der Waals surface area contributed by atoms with E-state index in [1.54, 1.807) is 6.92 Å². The number of rotatable bonds is 4. The molecule has 0 rings (SSSR count). The lowest BCUT2D eigenvalue weighted by Gasteiger charge is -2.11. The highest BCUT2D eigenvalue weighted by molar-refractivity contribution is 5.04. The molecule has 0 heterocycles. The molecule has 0 radical (unpaired) electrons. The molecule has 0 aromatic rings. The summed E-state index contributed by atoms with van der Waals surface area (Å²) in [7, 11) is 0. The smallest absolute Gasteiger partial charge is 0.0695 e. The molecule has 0 bridgehead atoms. The molecular weight excluding hydrogens is 136 g/mol. The van der Waals surface area contributed by atoms with Crippen molar-refractivity contribution in [1.29, 1.82) is 0 Å². The first-order chi connectivity index (χ1) is 5.07. The van der Waals surface area contributed by atoms with E-state index in [0.717, 1.165) is 0 Å². The maximum Gasteiger partial charge on any atom is 0.0695 e. The third-order valence-electron chi connectivity index (χ3n) is 2.00. The lowest BCUT2D eigenvalue weighted by molar-refractivity contribution is 0.242. The number of aliphatic hydroxyl groups is 1. The van der Waals surface area contributed by atoms with Crippen LogP contribution in [0.3, 0.4) is 0 Å². The van der Waals surface area contributed by atoms with Crippen molar-refractivity contribution in [2.45, 2.75) is 46.6 Å². The highest BCUT2D eigenvalue weighted by Crippen LogP contribution is 2.15. The van der Waals surface area contributed by atoms with Crippen LogP contribution in [0.1, 0.15) is 40.5 Å². The van der Waals surface area contributed by atoms with Crippen LogP contribution in [-0.2, 0) is 0 Å². The molecule has 0 aromatic carbocycles. The molecule has 0 aliphatic carbocycles.